The highest BCUT2D eigenvalue weighted by Gasteiger charge is 2.15. The van der Waals surface area contributed by atoms with E-state index in [1.807, 2.05) is 17.5 Å². The second-order valence-electron chi connectivity index (χ2n) is 4.11. The molecule has 2 aromatic rings. The fraction of sp³-hybridized carbons (Fsp3) is 0.250. The van der Waals surface area contributed by atoms with Crippen molar-refractivity contribution in [2.45, 2.75) is 19.1 Å². The van der Waals surface area contributed by atoms with Crippen LogP contribution in [0.25, 0.3) is 10.6 Å². The molecule has 0 spiro atoms. The highest BCUT2D eigenvalue weighted by molar-refractivity contribution is 7.93. The van der Waals surface area contributed by atoms with Crippen LogP contribution in [0.2, 0.25) is 0 Å². The van der Waals surface area contributed by atoms with Crippen LogP contribution < -0.4 is 4.72 Å². The maximum absolute atomic E-state index is 11.7. The van der Waals surface area contributed by atoms with Crippen molar-refractivity contribution in [3.8, 4) is 10.6 Å². The Morgan fingerprint density at radius 3 is 2.39 bits per heavy atom. The van der Waals surface area contributed by atoms with E-state index < -0.39 is 15.3 Å². The lowest BCUT2D eigenvalue weighted by molar-refractivity contribution is 0.593. The standard InChI is InChI=1S/C12H14N2O2S2/c1-9(2)18(15,16)14-11-5-3-10(4-6-11)12-13-7-8-17-12/h3-9,14H,1-2H3. The zero-order chi connectivity index (χ0) is 13.2. The van der Waals surface area contributed by atoms with Crippen LogP contribution in [0.4, 0.5) is 5.69 Å². The van der Waals surface area contributed by atoms with Gasteiger partial charge in [-0.25, -0.2) is 13.4 Å². The molecule has 2 rings (SSSR count). The minimum Gasteiger partial charge on any atom is -0.283 e. The van der Waals surface area contributed by atoms with E-state index in [0.29, 0.717) is 5.69 Å². The van der Waals surface area contributed by atoms with Gasteiger partial charge >= 0.3 is 0 Å². The second-order valence-corrected chi connectivity index (χ2v) is 7.24. The lowest BCUT2D eigenvalue weighted by Crippen LogP contribution is -2.22. The summed E-state index contributed by atoms with van der Waals surface area (Å²) in [5, 5.41) is 2.38. The van der Waals surface area contributed by atoms with E-state index in [9.17, 15) is 8.42 Å². The van der Waals surface area contributed by atoms with Crippen molar-refractivity contribution < 1.29 is 8.42 Å². The number of anilines is 1. The minimum atomic E-state index is -3.28. The van der Waals surface area contributed by atoms with Crippen LogP contribution in [-0.2, 0) is 10.0 Å². The summed E-state index contributed by atoms with van der Waals surface area (Å²) in [7, 11) is -3.28. The van der Waals surface area contributed by atoms with E-state index in [1.54, 1.807) is 43.5 Å². The minimum absolute atomic E-state index is 0.448. The van der Waals surface area contributed by atoms with Gasteiger partial charge in [0, 0.05) is 22.8 Å². The Kier molecular flexibility index (Phi) is 3.68. The Bertz CT molecular complexity index is 602. The number of hydrogen-bond acceptors (Lipinski definition) is 4. The first-order valence-electron chi connectivity index (χ1n) is 5.50. The van der Waals surface area contributed by atoms with Crippen molar-refractivity contribution in [1.29, 1.82) is 0 Å². The maximum Gasteiger partial charge on any atom is 0.235 e. The summed E-state index contributed by atoms with van der Waals surface area (Å²) in [6.45, 7) is 3.29. The summed E-state index contributed by atoms with van der Waals surface area (Å²) in [4.78, 5) is 4.20. The summed E-state index contributed by atoms with van der Waals surface area (Å²) < 4.78 is 25.9. The maximum atomic E-state index is 11.7. The third-order valence-electron chi connectivity index (χ3n) is 2.44. The van der Waals surface area contributed by atoms with Crippen LogP contribution in [0.5, 0.6) is 0 Å². The smallest absolute Gasteiger partial charge is 0.235 e. The Morgan fingerprint density at radius 1 is 1.22 bits per heavy atom. The second kappa shape index (κ2) is 5.07. The predicted octanol–water partition coefficient (Wildman–Crippen LogP) is 2.96. The molecule has 1 heterocycles. The van der Waals surface area contributed by atoms with Crippen molar-refractivity contribution in [3.05, 3.63) is 35.8 Å². The van der Waals surface area contributed by atoms with Crippen LogP contribution in [0, 0.1) is 0 Å². The molecule has 4 nitrogen and oxygen atoms in total. The van der Waals surface area contributed by atoms with Crippen LogP contribution >= 0.6 is 11.3 Å². The number of aromatic nitrogens is 1. The molecule has 0 aliphatic rings. The first-order valence-corrected chi connectivity index (χ1v) is 7.93. The molecule has 0 aliphatic carbocycles. The number of benzene rings is 1. The fourth-order valence-electron chi connectivity index (χ4n) is 1.33. The summed E-state index contributed by atoms with van der Waals surface area (Å²) >= 11 is 1.55. The Balaban J connectivity index is 2.19. The van der Waals surface area contributed by atoms with Gasteiger partial charge in [0.15, 0.2) is 0 Å². The lowest BCUT2D eigenvalue weighted by Gasteiger charge is -2.10. The predicted molar refractivity (Wildman–Crippen MR) is 75.2 cm³/mol. The molecule has 0 aliphatic heterocycles. The summed E-state index contributed by atoms with van der Waals surface area (Å²) in [6, 6.07) is 7.21. The average Bonchev–Trinajstić information content (AvgIpc) is 2.83. The Morgan fingerprint density at radius 2 is 1.89 bits per heavy atom. The molecule has 6 heteroatoms. The SMILES string of the molecule is CC(C)S(=O)(=O)Nc1ccc(-c2nccs2)cc1. The molecule has 1 aromatic carbocycles. The monoisotopic (exact) mass is 282 g/mol. The molecule has 0 radical (unpaired) electrons. The van der Waals surface area contributed by atoms with E-state index in [1.165, 1.54) is 0 Å². The molecule has 0 saturated heterocycles. The number of nitrogens with zero attached hydrogens (tertiary/aromatic N) is 1. The topological polar surface area (TPSA) is 59.1 Å². The van der Waals surface area contributed by atoms with Gasteiger partial charge in [-0.1, -0.05) is 0 Å². The van der Waals surface area contributed by atoms with Crippen molar-refractivity contribution in [1.82, 2.24) is 4.98 Å². The van der Waals surface area contributed by atoms with Crippen LogP contribution in [-0.4, -0.2) is 18.7 Å². The molecular weight excluding hydrogens is 268 g/mol. The number of sulfonamides is 1. The van der Waals surface area contributed by atoms with Gasteiger partial charge in [0.2, 0.25) is 10.0 Å². The number of thiazole rings is 1. The van der Waals surface area contributed by atoms with Gasteiger partial charge in [0.25, 0.3) is 0 Å². The first kappa shape index (κ1) is 13.0. The largest absolute Gasteiger partial charge is 0.283 e. The molecule has 0 bridgehead atoms. The van der Waals surface area contributed by atoms with Gasteiger partial charge in [-0.2, -0.15) is 0 Å². The van der Waals surface area contributed by atoms with Crippen LogP contribution in [0.3, 0.4) is 0 Å². The van der Waals surface area contributed by atoms with Crippen molar-refractivity contribution >= 4 is 27.0 Å². The Labute approximate surface area is 111 Å². The molecule has 0 unspecified atom stereocenters. The highest BCUT2D eigenvalue weighted by atomic mass is 32.2. The molecule has 0 amide bonds. The Hall–Kier alpha value is -1.40. The van der Waals surface area contributed by atoms with Crippen LogP contribution in [0.15, 0.2) is 35.8 Å². The van der Waals surface area contributed by atoms with Gasteiger partial charge in [-0.05, 0) is 38.1 Å². The van der Waals surface area contributed by atoms with Gasteiger partial charge in [-0.3, -0.25) is 4.72 Å². The molecule has 0 saturated carbocycles. The zero-order valence-electron chi connectivity index (χ0n) is 10.1. The van der Waals surface area contributed by atoms with Crippen molar-refractivity contribution in [3.63, 3.8) is 0 Å². The molecular formula is C12H14N2O2S2. The van der Waals surface area contributed by atoms with E-state index >= 15 is 0 Å². The molecule has 0 fully saturated rings. The van der Waals surface area contributed by atoms with E-state index in [4.69, 9.17) is 0 Å². The number of nitrogens with one attached hydrogen (secondary N) is 1. The zero-order valence-corrected chi connectivity index (χ0v) is 11.8. The summed E-state index contributed by atoms with van der Waals surface area (Å²) in [5.74, 6) is 0. The molecule has 1 N–H and O–H groups in total. The third kappa shape index (κ3) is 2.88. The van der Waals surface area contributed by atoms with E-state index in [0.717, 1.165) is 10.6 Å². The third-order valence-corrected chi connectivity index (χ3v) is 5.03. The molecule has 96 valence electrons. The summed E-state index contributed by atoms with van der Waals surface area (Å²) in [5.41, 5.74) is 1.56. The van der Waals surface area contributed by atoms with Crippen LogP contribution in [0.1, 0.15) is 13.8 Å². The molecule has 18 heavy (non-hydrogen) atoms. The fourth-order valence-corrected chi connectivity index (χ4v) is 2.67. The highest BCUT2D eigenvalue weighted by Crippen LogP contribution is 2.23. The lowest BCUT2D eigenvalue weighted by atomic mass is 10.2. The summed E-state index contributed by atoms with van der Waals surface area (Å²) in [6.07, 6.45) is 1.75. The molecule has 0 atom stereocenters. The van der Waals surface area contributed by atoms with E-state index in [-0.39, 0.29) is 0 Å². The normalized spacial score (nSPS) is 11.7. The van der Waals surface area contributed by atoms with Gasteiger partial charge in [0.1, 0.15) is 5.01 Å². The van der Waals surface area contributed by atoms with Gasteiger partial charge < -0.3 is 0 Å². The first-order chi connectivity index (χ1) is 8.49. The van der Waals surface area contributed by atoms with Crippen molar-refractivity contribution in [2.24, 2.45) is 0 Å². The number of rotatable bonds is 4. The van der Waals surface area contributed by atoms with Gasteiger partial charge in [-0.15, -0.1) is 11.3 Å². The van der Waals surface area contributed by atoms with Gasteiger partial charge in [0.05, 0.1) is 5.25 Å². The van der Waals surface area contributed by atoms with E-state index in [2.05, 4.69) is 9.71 Å². The quantitative estimate of drug-likeness (QED) is 0.938. The van der Waals surface area contributed by atoms with Crippen molar-refractivity contribution in [2.75, 3.05) is 4.72 Å². The number of hydrogen-bond donors (Lipinski definition) is 1. The molecule has 1 aromatic heterocycles. The average molecular weight is 282 g/mol.